The van der Waals surface area contributed by atoms with Crippen LogP contribution in [0.1, 0.15) is 18.9 Å². The number of benzene rings is 1. The van der Waals surface area contributed by atoms with E-state index in [9.17, 15) is 4.79 Å². The van der Waals surface area contributed by atoms with E-state index in [4.69, 9.17) is 5.73 Å². The smallest absolute Gasteiger partial charge is 0.227 e. The zero-order valence-electron chi connectivity index (χ0n) is 12.1. The molecule has 1 atom stereocenters. The standard InChI is InChI=1S/C15H20N4O/c1-10-6-4-5-7-12(10)13-9-14(19(3)18-13)17-15(20)8-11(2)16/h4-7,9,11H,8,16H2,1-3H3,(H,17,20). The largest absolute Gasteiger partial charge is 0.327 e. The lowest BCUT2D eigenvalue weighted by atomic mass is 10.1. The van der Waals surface area contributed by atoms with Crippen molar-refractivity contribution in [1.82, 2.24) is 9.78 Å². The van der Waals surface area contributed by atoms with Crippen LogP contribution in [0, 0.1) is 6.92 Å². The summed E-state index contributed by atoms with van der Waals surface area (Å²) in [7, 11) is 1.81. The molecular formula is C15H20N4O. The summed E-state index contributed by atoms with van der Waals surface area (Å²) in [6.45, 7) is 3.85. The molecule has 20 heavy (non-hydrogen) atoms. The molecule has 1 aromatic heterocycles. The molecule has 0 fully saturated rings. The van der Waals surface area contributed by atoms with Crippen molar-refractivity contribution in [3.05, 3.63) is 35.9 Å². The molecule has 3 N–H and O–H groups in total. The summed E-state index contributed by atoms with van der Waals surface area (Å²) in [6.07, 6.45) is 0.297. The first-order valence-electron chi connectivity index (χ1n) is 6.63. The Hall–Kier alpha value is -2.14. The second-order valence-corrected chi connectivity index (χ2v) is 5.08. The number of hydrogen-bond acceptors (Lipinski definition) is 3. The van der Waals surface area contributed by atoms with Crippen LogP contribution < -0.4 is 11.1 Å². The predicted octanol–water partition coefficient (Wildman–Crippen LogP) is 2.07. The molecule has 106 valence electrons. The quantitative estimate of drug-likeness (QED) is 0.895. The molecule has 0 aliphatic carbocycles. The van der Waals surface area contributed by atoms with Gasteiger partial charge in [-0.05, 0) is 19.4 Å². The molecule has 1 amide bonds. The van der Waals surface area contributed by atoms with Gasteiger partial charge in [0.05, 0.1) is 5.69 Å². The lowest BCUT2D eigenvalue weighted by Gasteiger charge is -2.06. The molecule has 2 aromatic rings. The molecule has 1 aromatic carbocycles. The van der Waals surface area contributed by atoms with Gasteiger partial charge in [-0.25, -0.2) is 0 Å². The van der Waals surface area contributed by atoms with E-state index in [-0.39, 0.29) is 11.9 Å². The summed E-state index contributed by atoms with van der Waals surface area (Å²) < 4.78 is 1.67. The number of hydrogen-bond donors (Lipinski definition) is 2. The summed E-state index contributed by atoms with van der Waals surface area (Å²) in [6, 6.07) is 9.75. The van der Waals surface area contributed by atoms with Crippen molar-refractivity contribution in [1.29, 1.82) is 0 Å². The van der Waals surface area contributed by atoms with Gasteiger partial charge in [-0.2, -0.15) is 5.10 Å². The predicted molar refractivity (Wildman–Crippen MR) is 80.3 cm³/mol. The highest BCUT2D eigenvalue weighted by atomic mass is 16.1. The fourth-order valence-electron chi connectivity index (χ4n) is 2.06. The molecule has 5 nitrogen and oxygen atoms in total. The van der Waals surface area contributed by atoms with Gasteiger partial charge in [0.2, 0.25) is 5.91 Å². The molecule has 1 unspecified atom stereocenters. The van der Waals surface area contributed by atoms with Crippen molar-refractivity contribution in [2.45, 2.75) is 26.3 Å². The Morgan fingerprint density at radius 1 is 1.45 bits per heavy atom. The highest BCUT2D eigenvalue weighted by molar-refractivity contribution is 5.90. The highest BCUT2D eigenvalue weighted by Crippen LogP contribution is 2.24. The highest BCUT2D eigenvalue weighted by Gasteiger charge is 2.12. The summed E-state index contributed by atoms with van der Waals surface area (Å²) >= 11 is 0. The number of nitrogens with one attached hydrogen (secondary N) is 1. The minimum absolute atomic E-state index is 0.0978. The second kappa shape index (κ2) is 5.88. The van der Waals surface area contributed by atoms with Crippen LogP contribution in [0.3, 0.4) is 0 Å². The molecule has 0 bridgehead atoms. The van der Waals surface area contributed by atoms with Crippen molar-refractivity contribution in [3.8, 4) is 11.3 Å². The molecule has 0 saturated heterocycles. The van der Waals surface area contributed by atoms with Gasteiger partial charge in [0.25, 0.3) is 0 Å². The number of rotatable bonds is 4. The first-order chi connectivity index (χ1) is 9.47. The summed E-state index contributed by atoms with van der Waals surface area (Å²) in [5.74, 6) is 0.577. The zero-order chi connectivity index (χ0) is 14.7. The Balaban J connectivity index is 2.22. The van der Waals surface area contributed by atoms with Gasteiger partial charge in [0, 0.05) is 31.1 Å². The van der Waals surface area contributed by atoms with Crippen molar-refractivity contribution in [2.75, 3.05) is 5.32 Å². The number of aryl methyl sites for hydroxylation is 2. The fourth-order valence-corrected chi connectivity index (χ4v) is 2.06. The van der Waals surface area contributed by atoms with E-state index >= 15 is 0 Å². The van der Waals surface area contributed by atoms with E-state index in [2.05, 4.69) is 10.4 Å². The molecule has 0 aliphatic rings. The van der Waals surface area contributed by atoms with Crippen LogP contribution in [-0.4, -0.2) is 21.7 Å². The Kier molecular flexibility index (Phi) is 4.20. The van der Waals surface area contributed by atoms with Crippen LogP contribution in [0.2, 0.25) is 0 Å². The Morgan fingerprint density at radius 2 is 2.15 bits per heavy atom. The molecular weight excluding hydrogens is 252 g/mol. The van der Waals surface area contributed by atoms with Crippen LogP contribution >= 0.6 is 0 Å². The zero-order valence-corrected chi connectivity index (χ0v) is 12.1. The summed E-state index contributed by atoms with van der Waals surface area (Å²) in [5, 5.41) is 7.28. The maximum Gasteiger partial charge on any atom is 0.227 e. The summed E-state index contributed by atoms with van der Waals surface area (Å²) in [4.78, 5) is 11.8. The van der Waals surface area contributed by atoms with Gasteiger partial charge < -0.3 is 11.1 Å². The summed E-state index contributed by atoms with van der Waals surface area (Å²) in [5.41, 5.74) is 8.68. The van der Waals surface area contributed by atoms with Crippen LogP contribution in [0.5, 0.6) is 0 Å². The Morgan fingerprint density at radius 3 is 2.80 bits per heavy atom. The number of amides is 1. The minimum Gasteiger partial charge on any atom is -0.327 e. The molecule has 1 heterocycles. The number of nitrogens with two attached hydrogens (primary N) is 1. The molecule has 5 heteroatoms. The third kappa shape index (κ3) is 3.24. The monoisotopic (exact) mass is 272 g/mol. The van der Waals surface area contributed by atoms with E-state index in [1.165, 1.54) is 0 Å². The van der Waals surface area contributed by atoms with Crippen LogP contribution in [0.25, 0.3) is 11.3 Å². The van der Waals surface area contributed by atoms with Crippen molar-refractivity contribution in [3.63, 3.8) is 0 Å². The van der Waals surface area contributed by atoms with E-state index < -0.39 is 0 Å². The van der Waals surface area contributed by atoms with Gasteiger partial charge in [-0.3, -0.25) is 9.48 Å². The number of aromatic nitrogens is 2. The third-order valence-corrected chi connectivity index (χ3v) is 3.08. The first-order valence-corrected chi connectivity index (χ1v) is 6.63. The van der Waals surface area contributed by atoms with Crippen molar-refractivity contribution in [2.24, 2.45) is 12.8 Å². The molecule has 2 rings (SSSR count). The number of anilines is 1. The number of carbonyl (C=O) groups excluding carboxylic acids is 1. The van der Waals surface area contributed by atoms with Crippen molar-refractivity contribution >= 4 is 11.7 Å². The van der Waals surface area contributed by atoms with Gasteiger partial charge in [0.15, 0.2) is 0 Å². The average molecular weight is 272 g/mol. The number of carbonyl (C=O) groups is 1. The van der Waals surface area contributed by atoms with Crippen LogP contribution in [0.4, 0.5) is 5.82 Å². The van der Waals surface area contributed by atoms with Crippen LogP contribution in [0.15, 0.2) is 30.3 Å². The maximum atomic E-state index is 11.8. The average Bonchev–Trinajstić information content (AvgIpc) is 2.70. The van der Waals surface area contributed by atoms with Crippen LogP contribution in [-0.2, 0) is 11.8 Å². The second-order valence-electron chi connectivity index (χ2n) is 5.08. The van der Waals surface area contributed by atoms with Gasteiger partial charge in [-0.1, -0.05) is 24.3 Å². The SMILES string of the molecule is Cc1ccccc1-c1cc(NC(=O)CC(C)N)n(C)n1. The van der Waals surface area contributed by atoms with Crippen molar-refractivity contribution < 1.29 is 4.79 Å². The van der Waals surface area contributed by atoms with Gasteiger partial charge >= 0.3 is 0 Å². The topological polar surface area (TPSA) is 72.9 Å². The number of nitrogens with zero attached hydrogens (tertiary/aromatic N) is 2. The lowest BCUT2D eigenvalue weighted by Crippen LogP contribution is -2.24. The third-order valence-electron chi connectivity index (χ3n) is 3.08. The molecule has 0 spiro atoms. The first kappa shape index (κ1) is 14.3. The van der Waals surface area contributed by atoms with E-state index in [1.54, 1.807) is 4.68 Å². The molecule has 0 radical (unpaired) electrons. The van der Waals surface area contributed by atoms with Gasteiger partial charge in [0.1, 0.15) is 5.82 Å². The lowest BCUT2D eigenvalue weighted by molar-refractivity contribution is -0.116. The van der Waals surface area contributed by atoms with Gasteiger partial charge in [-0.15, -0.1) is 0 Å². The van der Waals surface area contributed by atoms with E-state index in [1.807, 2.05) is 51.2 Å². The Labute approximate surface area is 118 Å². The molecule has 0 aliphatic heterocycles. The van der Waals surface area contributed by atoms with E-state index in [0.29, 0.717) is 12.2 Å². The molecule has 0 saturated carbocycles. The minimum atomic E-state index is -0.154. The van der Waals surface area contributed by atoms with E-state index in [0.717, 1.165) is 16.8 Å². The Bertz CT molecular complexity index is 616. The fraction of sp³-hybridized carbons (Fsp3) is 0.333. The maximum absolute atomic E-state index is 11.8. The normalized spacial score (nSPS) is 12.2.